The normalized spacial score (nSPS) is 14.4. The lowest BCUT2D eigenvalue weighted by atomic mass is 9.97. The SMILES string of the molecule is C[Si-]=C1C=C[CH+]c2cccc(P(c3ccccc3)c3ccccc3)c21. The Bertz CT molecular complexity index is 887. The maximum absolute atomic E-state index is 2.33. The minimum Gasteiger partial charge on any atom is -0.411 e. The summed E-state index contributed by atoms with van der Waals surface area (Å²) in [5.41, 5.74) is 2.80. The third-order valence-electron chi connectivity index (χ3n) is 4.42. The first-order chi connectivity index (χ1) is 12.4. The van der Waals surface area contributed by atoms with Gasteiger partial charge in [-0.05, 0) is 36.7 Å². The van der Waals surface area contributed by atoms with Gasteiger partial charge in [0.15, 0.2) is 0 Å². The molecule has 3 aromatic rings. The van der Waals surface area contributed by atoms with Gasteiger partial charge in [0.2, 0.25) is 0 Å². The second kappa shape index (κ2) is 7.35. The fourth-order valence-corrected chi connectivity index (χ4v) is 6.70. The lowest BCUT2D eigenvalue weighted by molar-refractivity contribution is 1.50. The minimum absolute atomic E-state index is 0.563. The van der Waals surface area contributed by atoms with Crippen molar-refractivity contribution in [2.24, 2.45) is 0 Å². The second-order valence-corrected chi connectivity index (χ2v) is 9.16. The summed E-state index contributed by atoms with van der Waals surface area (Å²) in [5, 5.41) is 5.75. The Kier molecular flexibility index (Phi) is 4.78. The number of allylic oxidation sites excluding steroid dienone is 2. The van der Waals surface area contributed by atoms with E-state index < -0.39 is 7.92 Å². The highest BCUT2D eigenvalue weighted by molar-refractivity contribution is 7.80. The van der Waals surface area contributed by atoms with E-state index in [1.807, 2.05) is 0 Å². The number of hydrogen-bond donors (Lipinski definition) is 0. The van der Waals surface area contributed by atoms with Gasteiger partial charge in [0.25, 0.3) is 0 Å². The van der Waals surface area contributed by atoms with E-state index in [9.17, 15) is 0 Å². The maximum Gasteiger partial charge on any atom is 0.101 e. The summed E-state index contributed by atoms with van der Waals surface area (Å²) in [6.07, 6.45) is 6.71. The average molecular weight is 354 g/mol. The molecule has 0 radical (unpaired) electrons. The largest absolute Gasteiger partial charge is 0.411 e. The zero-order valence-corrected chi connectivity index (χ0v) is 16.1. The molecule has 120 valence electrons. The Balaban J connectivity index is 1.97. The van der Waals surface area contributed by atoms with Crippen LogP contribution in [0.1, 0.15) is 11.1 Å². The topological polar surface area (TPSA) is 0 Å². The fraction of sp³-hybridized carbons (Fsp3) is 0.0435. The van der Waals surface area contributed by atoms with Crippen molar-refractivity contribution in [3.63, 3.8) is 0 Å². The Morgan fingerprint density at radius 2 is 1.40 bits per heavy atom. The van der Waals surface area contributed by atoms with E-state index in [-0.39, 0.29) is 0 Å². The van der Waals surface area contributed by atoms with E-state index in [2.05, 4.69) is 104 Å². The van der Waals surface area contributed by atoms with Crippen LogP contribution < -0.4 is 15.9 Å². The van der Waals surface area contributed by atoms with Gasteiger partial charge in [-0.25, -0.2) is 6.55 Å². The Morgan fingerprint density at radius 3 is 2.00 bits per heavy atom. The first-order valence-corrected chi connectivity index (χ1v) is 11.3. The molecule has 0 saturated carbocycles. The lowest BCUT2D eigenvalue weighted by Crippen LogP contribution is -2.27. The van der Waals surface area contributed by atoms with Crippen molar-refractivity contribution in [1.82, 2.24) is 0 Å². The van der Waals surface area contributed by atoms with Crippen molar-refractivity contribution < 1.29 is 0 Å². The molecule has 3 aromatic carbocycles. The molecule has 0 atom stereocenters. The van der Waals surface area contributed by atoms with Gasteiger partial charge in [-0.2, -0.15) is 0 Å². The highest BCUT2D eigenvalue weighted by atomic mass is 31.1. The molecule has 0 aromatic heterocycles. The molecule has 0 fully saturated rings. The lowest BCUT2D eigenvalue weighted by Gasteiger charge is -2.24. The van der Waals surface area contributed by atoms with Crippen molar-refractivity contribution in [3.8, 4) is 0 Å². The molecule has 1 aliphatic rings. The summed E-state index contributed by atoms with van der Waals surface area (Å²) >= 11 is 0. The summed E-state index contributed by atoms with van der Waals surface area (Å²) in [4.78, 5) is 0. The molecule has 0 unspecified atom stereocenters. The van der Waals surface area contributed by atoms with Crippen molar-refractivity contribution in [2.45, 2.75) is 6.55 Å². The second-order valence-electron chi connectivity index (χ2n) is 5.94. The fourth-order valence-electron chi connectivity index (χ4n) is 3.30. The Hall–Kier alpha value is -2.21. The molecule has 2 heteroatoms. The van der Waals surface area contributed by atoms with Gasteiger partial charge < -0.3 is 9.13 Å². The van der Waals surface area contributed by atoms with Crippen LogP contribution in [0.4, 0.5) is 0 Å². The first-order valence-electron chi connectivity index (χ1n) is 8.48. The number of rotatable bonds is 3. The summed E-state index contributed by atoms with van der Waals surface area (Å²) in [6, 6.07) is 28.7. The van der Waals surface area contributed by atoms with E-state index in [1.54, 1.807) is 0 Å². The minimum atomic E-state index is -0.563. The molecule has 4 rings (SSSR count). The summed E-state index contributed by atoms with van der Waals surface area (Å²) in [6.45, 7) is 2.28. The van der Waals surface area contributed by atoms with E-state index in [1.165, 1.54) is 32.2 Å². The predicted molar refractivity (Wildman–Crippen MR) is 113 cm³/mol. The third kappa shape index (κ3) is 3.18. The number of hydrogen-bond acceptors (Lipinski definition) is 0. The summed E-state index contributed by atoms with van der Waals surface area (Å²) < 4.78 is 0. The molecular weight excluding hydrogens is 335 g/mol. The standard InChI is InChI=1S/C23H19PSi/c1-25-22-17-9-11-18-10-8-16-21(23(18)22)24(19-12-4-2-5-13-19)20-14-6-3-7-15-20/h2-17H,1H3. The van der Waals surface area contributed by atoms with Gasteiger partial charge in [-0.15, -0.1) is 5.17 Å². The van der Waals surface area contributed by atoms with Gasteiger partial charge in [-0.3, -0.25) is 0 Å². The summed E-state index contributed by atoms with van der Waals surface area (Å²) in [5.74, 6) is 0. The van der Waals surface area contributed by atoms with Crippen LogP contribution in [-0.2, 0) is 0 Å². The molecule has 0 bridgehead atoms. The van der Waals surface area contributed by atoms with Crippen LogP contribution in [-0.4, -0.2) is 14.3 Å². The van der Waals surface area contributed by atoms with Crippen molar-refractivity contribution in [3.05, 3.63) is 109 Å². The van der Waals surface area contributed by atoms with Crippen LogP contribution in [0.2, 0.25) is 6.55 Å². The predicted octanol–water partition coefficient (Wildman–Crippen LogP) is 3.84. The van der Waals surface area contributed by atoms with Gasteiger partial charge >= 0.3 is 0 Å². The van der Waals surface area contributed by atoms with Crippen molar-refractivity contribution in [2.75, 3.05) is 0 Å². The van der Waals surface area contributed by atoms with Gasteiger partial charge in [0.05, 0.1) is 0 Å². The Morgan fingerprint density at radius 1 is 0.760 bits per heavy atom. The Labute approximate surface area is 153 Å². The van der Waals surface area contributed by atoms with E-state index in [0.717, 1.165) is 9.13 Å². The molecule has 0 amide bonds. The van der Waals surface area contributed by atoms with Crippen LogP contribution in [0.25, 0.3) is 0 Å². The van der Waals surface area contributed by atoms with E-state index >= 15 is 0 Å². The zero-order chi connectivity index (χ0) is 17.1. The molecule has 1 aliphatic carbocycles. The van der Waals surface area contributed by atoms with Gasteiger partial charge in [-0.1, -0.05) is 60.7 Å². The van der Waals surface area contributed by atoms with Crippen LogP contribution in [0.3, 0.4) is 0 Å². The monoisotopic (exact) mass is 354 g/mol. The molecular formula is C23H19PSi. The zero-order valence-electron chi connectivity index (χ0n) is 14.2. The molecule has 0 spiro atoms. The third-order valence-corrected chi connectivity index (χ3v) is 7.86. The van der Waals surface area contributed by atoms with Crippen LogP contribution in [0, 0.1) is 6.42 Å². The highest BCUT2D eigenvalue weighted by Crippen LogP contribution is 2.36. The quantitative estimate of drug-likeness (QED) is 0.381. The van der Waals surface area contributed by atoms with Crippen LogP contribution >= 0.6 is 7.92 Å². The maximum atomic E-state index is 2.33. The van der Waals surface area contributed by atoms with Gasteiger partial charge in [0.1, 0.15) is 5.56 Å². The average Bonchev–Trinajstić information content (AvgIpc) is 2.69. The van der Waals surface area contributed by atoms with Crippen LogP contribution in [0.5, 0.6) is 0 Å². The summed E-state index contributed by atoms with van der Waals surface area (Å²) in [7, 11) is 0.235. The first kappa shape index (κ1) is 16.3. The molecule has 0 N–H and O–H groups in total. The van der Waals surface area contributed by atoms with Crippen molar-refractivity contribution in [1.29, 1.82) is 0 Å². The smallest absolute Gasteiger partial charge is 0.101 e. The number of benzene rings is 3. The van der Waals surface area contributed by atoms with E-state index in [0.29, 0.717) is 0 Å². The molecule has 0 saturated heterocycles. The number of fused-ring (bicyclic) bond motifs is 1. The molecule has 25 heavy (non-hydrogen) atoms. The molecule has 0 heterocycles. The highest BCUT2D eigenvalue weighted by Gasteiger charge is 2.25. The van der Waals surface area contributed by atoms with Crippen LogP contribution in [0.15, 0.2) is 91.0 Å². The van der Waals surface area contributed by atoms with Crippen molar-refractivity contribution >= 4 is 38.1 Å². The van der Waals surface area contributed by atoms with Gasteiger partial charge in [0, 0.05) is 29.4 Å². The molecule has 0 nitrogen and oxygen atoms in total. The molecule has 0 aliphatic heterocycles. The van der Waals surface area contributed by atoms with E-state index in [4.69, 9.17) is 0 Å².